The molecule has 0 saturated heterocycles. The molecule has 0 bridgehead atoms. The van der Waals surface area contributed by atoms with Crippen molar-refractivity contribution in [2.45, 2.75) is 45.6 Å². The fraction of sp³-hybridized carbons (Fsp3) is 0.625. The molecule has 0 aromatic carbocycles. The Balaban J connectivity index is 0. The molecule has 0 unspecified atom stereocenters. The van der Waals surface area contributed by atoms with E-state index in [0.29, 0.717) is 18.8 Å². The van der Waals surface area contributed by atoms with Gasteiger partial charge in [0.15, 0.2) is 5.75 Å². The maximum Gasteiger partial charge on any atom is 0.412 e. The lowest BCUT2D eigenvalue weighted by molar-refractivity contribution is 0.199. The highest BCUT2D eigenvalue weighted by Crippen LogP contribution is 2.16. The number of rotatable bonds is 9. The molecule has 1 amide bonds. The van der Waals surface area contributed by atoms with Gasteiger partial charge < -0.3 is 15.0 Å². The molecule has 0 aliphatic carbocycles. The number of amides is 1. The van der Waals surface area contributed by atoms with E-state index >= 15 is 0 Å². The number of carbonyl (C=O) groups excluding carboxylic acids is 1. The van der Waals surface area contributed by atoms with E-state index in [4.69, 9.17) is 4.74 Å². The minimum atomic E-state index is -0.404. The van der Waals surface area contributed by atoms with Gasteiger partial charge in [-0.2, -0.15) is 0 Å². The molecule has 0 spiro atoms. The van der Waals surface area contributed by atoms with Crippen LogP contribution in [0.4, 0.5) is 4.79 Å². The second-order valence-electron chi connectivity index (χ2n) is 5.42. The molecule has 0 radical (unpaired) electrons. The molecular formula is C16H29Cl2N3O2. The first kappa shape index (κ1) is 24.2. The first-order chi connectivity index (χ1) is 10.1. The number of nitrogens with one attached hydrogen (secondary N) is 1. The van der Waals surface area contributed by atoms with E-state index in [1.165, 1.54) is 19.3 Å². The summed E-state index contributed by atoms with van der Waals surface area (Å²) in [5, 5.41) is 2.79. The van der Waals surface area contributed by atoms with Crippen molar-refractivity contribution < 1.29 is 9.53 Å². The molecule has 5 nitrogen and oxygen atoms in total. The Morgan fingerprint density at radius 2 is 1.91 bits per heavy atom. The fourth-order valence-corrected chi connectivity index (χ4v) is 1.99. The predicted molar refractivity (Wildman–Crippen MR) is 98.9 cm³/mol. The number of halogens is 2. The van der Waals surface area contributed by atoms with Gasteiger partial charge in [-0.3, -0.25) is 4.98 Å². The molecule has 0 saturated carbocycles. The van der Waals surface area contributed by atoms with E-state index in [9.17, 15) is 4.79 Å². The first-order valence-corrected chi connectivity index (χ1v) is 7.67. The zero-order chi connectivity index (χ0) is 15.5. The van der Waals surface area contributed by atoms with Crippen LogP contribution in [0.15, 0.2) is 18.3 Å². The van der Waals surface area contributed by atoms with Crippen molar-refractivity contribution in [1.29, 1.82) is 0 Å². The molecule has 1 aromatic heterocycles. The van der Waals surface area contributed by atoms with Crippen molar-refractivity contribution in [2.75, 3.05) is 20.6 Å². The Bertz CT molecular complexity index is 432. The summed E-state index contributed by atoms with van der Waals surface area (Å²) in [6, 6.07) is 3.54. The van der Waals surface area contributed by atoms with Crippen LogP contribution in [0, 0.1) is 0 Å². The van der Waals surface area contributed by atoms with Crippen LogP contribution < -0.4 is 10.1 Å². The quantitative estimate of drug-likeness (QED) is 0.670. The average molecular weight is 366 g/mol. The normalized spacial score (nSPS) is 9.74. The molecule has 1 N–H and O–H groups in total. The predicted octanol–water partition coefficient (Wildman–Crippen LogP) is 4.05. The molecule has 0 aliphatic heterocycles. The summed E-state index contributed by atoms with van der Waals surface area (Å²) in [6.45, 7) is 3.49. The van der Waals surface area contributed by atoms with Gasteiger partial charge in [0.05, 0.1) is 5.69 Å². The highest BCUT2D eigenvalue weighted by molar-refractivity contribution is 5.85. The second-order valence-corrected chi connectivity index (χ2v) is 5.42. The molecule has 1 heterocycles. The maximum absolute atomic E-state index is 11.8. The molecule has 0 fully saturated rings. The van der Waals surface area contributed by atoms with Crippen molar-refractivity contribution in [1.82, 2.24) is 15.2 Å². The Morgan fingerprint density at radius 3 is 2.57 bits per heavy atom. The van der Waals surface area contributed by atoms with Gasteiger partial charge in [-0.15, -0.1) is 24.8 Å². The Hall–Kier alpha value is -1.04. The van der Waals surface area contributed by atoms with Gasteiger partial charge >= 0.3 is 6.09 Å². The summed E-state index contributed by atoms with van der Waals surface area (Å²) >= 11 is 0. The summed E-state index contributed by atoms with van der Waals surface area (Å²) < 4.78 is 5.33. The van der Waals surface area contributed by atoms with Crippen molar-refractivity contribution in [3.63, 3.8) is 0 Å². The first-order valence-electron chi connectivity index (χ1n) is 7.67. The lowest BCUT2D eigenvalue weighted by Crippen LogP contribution is -2.28. The number of ether oxygens (including phenoxy) is 1. The van der Waals surface area contributed by atoms with Crippen LogP contribution in [-0.2, 0) is 6.54 Å². The summed E-state index contributed by atoms with van der Waals surface area (Å²) in [4.78, 5) is 18.0. The molecule has 7 heteroatoms. The van der Waals surface area contributed by atoms with Gasteiger partial charge in [-0.25, -0.2) is 4.79 Å². The van der Waals surface area contributed by atoms with Crippen LogP contribution in [0.5, 0.6) is 5.75 Å². The van der Waals surface area contributed by atoms with Crippen LogP contribution >= 0.6 is 24.8 Å². The zero-order valence-corrected chi connectivity index (χ0v) is 15.8. The monoisotopic (exact) mass is 365 g/mol. The highest BCUT2D eigenvalue weighted by atomic mass is 35.5. The Labute approximate surface area is 152 Å². The third-order valence-electron chi connectivity index (χ3n) is 3.07. The molecular weight excluding hydrogens is 337 g/mol. The topological polar surface area (TPSA) is 54.5 Å². The van der Waals surface area contributed by atoms with Gasteiger partial charge in [0.2, 0.25) is 0 Å². The summed E-state index contributed by atoms with van der Waals surface area (Å²) in [6.07, 6.45) is 7.15. The van der Waals surface area contributed by atoms with Gasteiger partial charge in [0, 0.05) is 19.3 Å². The van der Waals surface area contributed by atoms with Gasteiger partial charge in [-0.05, 0) is 32.6 Å². The Morgan fingerprint density at radius 1 is 1.22 bits per heavy atom. The zero-order valence-electron chi connectivity index (χ0n) is 14.2. The molecule has 23 heavy (non-hydrogen) atoms. The second kappa shape index (κ2) is 14.5. The lowest BCUT2D eigenvalue weighted by atomic mass is 10.1. The standard InChI is InChI=1S/C16H27N3O2.2ClH/c1-4-5-6-7-8-11-18-16(20)21-15-10-9-12-17-14(15)13-19(2)3;;/h9-10,12H,4-8,11,13H2,1-3H3,(H,18,20);2*1H. The van der Waals surface area contributed by atoms with Crippen molar-refractivity contribution in [2.24, 2.45) is 0 Å². The van der Waals surface area contributed by atoms with E-state index in [0.717, 1.165) is 18.5 Å². The van der Waals surface area contributed by atoms with Gasteiger partial charge in [-0.1, -0.05) is 32.6 Å². The SMILES string of the molecule is CCCCCCCNC(=O)Oc1cccnc1CN(C)C.Cl.Cl. The largest absolute Gasteiger partial charge is 0.412 e. The van der Waals surface area contributed by atoms with Crippen LogP contribution in [0.2, 0.25) is 0 Å². The third-order valence-corrected chi connectivity index (χ3v) is 3.07. The van der Waals surface area contributed by atoms with Crippen molar-refractivity contribution in [3.8, 4) is 5.75 Å². The van der Waals surface area contributed by atoms with E-state index < -0.39 is 6.09 Å². The molecule has 0 atom stereocenters. The summed E-state index contributed by atoms with van der Waals surface area (Å²) in [7, 11) is 3.91. The number of pyridine rings is 1. The van der Waals surface area contributed by atoms with E-state index in [-0.39, 0.29) is 24.8 Å². The fourth-order valence-electron chi connectivity index (χ4n) is 1.99. The van der Waals surface area contributed by atoms with Gasteiger partial charge in [0.1, 0.15) is 0 Å². The number of aromatic nitrogens is 1. The number of hydrogen-bond donors (Lipinski definition) is 1. The van der Waals surface area contributed by atoms with E-state index in [1.54, 1.807) is 18.3 Å². The van der Waals surface area contributed by atoms with Gasteiger partial charge in [0.25, 0.3) is 0 Å². The number of hydrogen-bond acceptors (Lipinski definition) is 4. The van der Waals surface area contributed by atoms with Crippen LogP contribution in [-0.4, -0.2) is 36.6 Å². The molecule has 1 aromatic rings. The number of nitrogens with zero attached hydrogens (tertiary/aromatic N) is 2. The molecule has 0 aliphatic rings. The van der Waals surface area contributed by atoms with Crippen molar-refractivity contribution >= 4 is 30.9 Å². The Kier molecular flexibility index (Phi) is 15.3. The summed E-state index contributed by atoms with van der Waals surface area (Å²) in [5.41, 5.74) is 0.764. The van der Waals surface area contributed by atoms with E-state index in [1.807, 2.05) is 19.0 Å². The average Bonchev–Trinajstić information content (AvgIpc) is 2.44. The van der Waals surface area contributed by atoms with E-state index in [2.05, 4.69) is 17.2 Å². The van der Waals surface area contributed by atoms with Crippen LogP contribution in [0.3, 0.4) is 0 Å². The minimum Gasteiger partial charge on any atom is -0.408 e. The lowest BCUT2D eigenvalue weighted by Gasteiger charge is -2.13. The summed E-state index contributed by atoms with van der Waals surface area (Å²) in [5.74, 6) is 0.523. The number of carbonyl (C=O) groups is 1. The van der Waals surface area contributed by atoms with Crippen molar-refractivity contribution in [3.05, 3.63) is 24.0 Å². The minimum absolute atomic E-state index is 0. The van der Waals surface area contributed by atoms with Crippen LogP contribution in [0.25, 0.3) is 0 Å². The highest BCUT2D eigenvalue weighted by Gasteiger charge is 2.10. The molecule has 1 rings (SSSR count). The maximum atomic E-state index is 11.8. The number of unbranched alkanes of at least 4 members (excludes halogenated alkanes) is 4. The molecule has 134 valence electrons. The third kappa shape index (κ3) is 11.2. The van der Waals surface area contributed by atoms with Crippen LogP contribution in [0.1, 0.15) is 44.7 Å². The smallest absolute Gasteiger partial charge is 0.408 e.